The van der Waals surface area contributed by atoms with Crippen molar-refractivity contribution in [2.75, 3.05) is 11.9 Å². The third-order valence-corrected chi connectivity index (χ3v) is 4.20. The molecule has 0 radical (unpaired) electrons. The highest BCUT2D eigenvalue weighted by Crippen LogP contribution is 2.40. The molecule has 106 valence electrons. The smallest absolute Gasteiger partial charge is 0.130 e. The molecule has 1 aromatic rings. The van der Waals surface area contributed by atoms with Gasteiger partial charge in [-0.15, -0.1) is 0 Å². The molecule has 0 unspecified atom stereocenters. The molecule has 0 aromatic heterocycles. The molecule has 3 nitrogen and oxygen atoms in total. The van der Waals surface area contributed by atoms with Gasteiger partial charge in [-0.3, -0.25) is 0 Å². The molecule has 0 amide bonds. The van der Waals surface area contributed by atoms with Crippen LogP contribution in [0.3, 0.4) is 0 Å². The van der Waals surface area contributed by atoms with Crippen LogP contribution in [0.15, 0.2) is 23.8 Å². The van der Waals surface area contributed by atoms with Crippen LogP contribution in [0.4, 0.5) is 5.69 Å². The van der Waals surface area contributed by atoms with Crippen LogP contribution in [-0.2, 0) is 0 Å². The lowest BCUT2D eigenvalue weighted by Crippen LogP contribution is -2.42. The Morgan fingerprint density at radius 2 is 1.90 bits per heavy atom. The van der Waals surface area contributed by atoms with Crippen molar-refractivity contribution in [3.8, 4) is 12.1 Å². The average molecular weight is 298 g/mol. The van der Waals surface area contributed by atoms with Gasteiger partial charge in [0.1, 0.15) is 17.7 Å². The van der Waals surface area contributed by atoms with Crippen LogP contribution in [0.25, 0.3) is 11.6 Å². The number of allylic oxidation sites excluding steroid dienone is 2. The van der Waals surface area contributed by atoms with E-state index in [9.17, 15) is 0 Å². The van der Waals surface area contributed by atoms with Gasteiger partial charge in [0.2, 0.25) is 0 Å². The summed E-state index contributed by atoms with van der Waals surface area (Å²) in [5, 5.41) is 18.3. The van der Waals surface area contributed by atoms with Crippen molar-refractivity contribution in [2.24, 2.45) is 0 Å². The summed E-state index contributed by atoms with van der Waals surface area (Å²) in [6, 6.07) is 7.54. The Morgan fingerprint density at radius 3 is 2.48 bits per heavy atom. The van der Waals surface area contributed by atoms with Crippen molar-refractivity contribution in [2.45, 2.75) is 26.3 Å². The van der Waals surface area contributed by atoms with Crippen LogP contribution >= 0.6 is 11.6 Å². The minimum absolute atomic E-state index is 0.0444. The highest BCUT2D eigenvalue weighted by atomic mass is 35.5. The lowest BCUT2D eigenvalue weighted by atomic mass is 9.88. The fraction of sp³-hybridized carbons (Fsp3) is 0.294. The Labute approximate surface area is 130 Å². The summed E-state index contributed by atoms with van der Waals surface area (Å²) in [5.41, 5.74) is 3.94. The molecule has 0 saturated heterocycles. The molecule has 2 rings (SSSR count). The van der Waals surface area contributed by atoms with Gasteiger partial charge in [0.25, 0.3) is 0 Å². The van der Waals surface area contributed by atoms with E-state index in [1.54, 1.807) is 0 Å². The third kappa shape index (κ3) is 2.66. The van der Waals surface area contributed by atoms with Crippen molar-refractivity contribution in [1.29, 1.82) is 10.5 Å². The number of likely N-dealkylation sites (N-methyl/N-ethyl adjacent to an activating group) is 1. The number of nitriles is 2. The number of hydrogen-bond donors (Lipinski definition) is 0. The van der Waals surface area contributed by atoms with Gasteiger partial charge in [0.05, 0.1) is 5.54 Å². The zero-order valence-corrected chi connectivity index (χ0v) is 13.3. The highest BCUT2D eigenvalue weighted by Gasteiger charge is 2.29. The molecule has 21 heavy (non-hydrogen) atoms. The van der Waals surface area contributed by atoms with Crippen LogP contribution in [0, 0.1) is 22.7 Å². The van der Waals surface area contributed by atoms with Crippen molar-refractivity contribution in [1.82, 2.24) is 0 Å². The van der Waals surface area contributed by atoms with Crippen molar-refractivity contribution in [3.05, 3.63) is 39.9 Å². The van der Waals surface area contributed by atoms with Gasteiger partial charge < -0.3 is 4.90 Å². The van der Waals surface area contributed by atoms with Gasteiger partial charge in [-0.1, -0.05) is 17.7 Å². The SMILES string of the molecule is CC1=CC(C)(C)N(C)c2cc(Cl)c(C=C(C#N)C#N)cc21. The largest absolute Gasteiger partial charge is 0.365 e. The second-order valence-corrected chi connectivity index (χ2v) is 6.12. The average Bonchev–Trinajstić information content (AvgIpc) is 2.43. The molecule has 0 atom stereocenters. The van der Waals surface area contributed by atoms with Crippen LogP contribution in [0.2, 0.25) is 5.02 Å². The number of benzene rings is 1. The van der Waals surface area contributed by atoms with E-state index in [0.29, 0.717) is 10.6 Å². The van der Waals surface area contributed by atoms with Crippen LogP contribution < -0.4 is 4.90 Å². The van der Waals surface area contributed by atoms with E-state index < -0.39 is 0 Å². The summed E-state index contributed by atoms with van der Waals surface area (Å²) in [5.74, 6) is 0. The summed E-state index contributed by atoms with van der Waals surface area (Å²) in [6.45, 7) is 6.35. The summed E-state index contributed by atoms with van der Waals surface area (Å²) in [7, 11) is 2.03. The molecule has 1 aliphatic heterocycles. The Kier molecular flexibility index (Phi) is 3.81. The van der Waals surface area contributed by atoms with Crippen LogP contribution in [0.1, 0.15) is 31.9 Å². The minimum atomic E-state index is -0.0811. The van der Waals surface area contributed by atoms with Crippen molar-refractivity contribution in [3.63, 3.8) is 0 Å². The van der Waals surface area contributed by atoms with E-state index in [2.05, 4.69) is 31.7 Å². The summed E-state index contributed by atoms with van der Waals surface area (Å²) >= 11 is 6.32. The molecule has 0 fully saturated rings. The van der Waals surface area contributed by atoms with Gasteiger partial charge >= 0.3 is 0 Å². The molecule has 1 heterocycles. The maximum atomic E-state index is 8.88. The normalized spacial score (nSPS) is 15.4. The predicted octanol–water partition coefficient (Wildman–Crippen LogP) is 4.40. The van der Waals surface area contributed by atoms with E-state index in [0.717, 1.165) is 16.8 Å². The molecular formula is C17H16ClN3. The van der Waals surface area contributed by atoms with Gasteiger partial charge in [-0.2, -0.15) is 10.5 Å². The maximum Gasteiger partial charge on any atom is 0.130 e. The molecule has 4 heteroatoms. The van der Waals surface area contributed by atoms with Gasteiger partial charge in [-0.05, 0) is 50.1 Å². The molecule has 0 aliphatic carbocycles. The first kappa shape index (κ1) is 15.2. The van der Waals surface area contributed by atoms with Crippen molar-refractivity contribution >= 4 is 28.9 Å². The Morgan fingerprint density at radius 1 is 1.29 bits per heavy atom. The second kappa shape index (κ2) is 5.28. The molecule has 1 aliphatic rings. The zero-order chi connectivity index (χ0) is 15.8. The van der Waals surface area contributed by atoms with E-state index in [1.807, 2.05) is 31.3 Å². The minimum Gasteiger partial charge on any atom is -0.365 e. The topological polar surface area (TPSA) is 50.8 Å². The van der Waals surface area contributed by atoms with E-state index >= 15 is 0 Å². The van der Waals surface area contributed by atoms with Crippen LogP contribution in [0.5, 0.6) is 0 Å². The van der Waals surface area contributed by atoms with E-state index in [4.69, 9.17) is 22.1 Å². The second-order valence-electron chi connectivity index (χ2n) is 5.71. The first-order chi connectivity index (χ1) is 9.80. The van der Waals surface area contributed by atoms with Gasteiger partial charge in [0, 0.05) is 23.3 Å². The first-order valence-electron chi connectivity index (χ1n) is 6.59. The maximum absolute atomic E-state index is 8.88. The highest BCUT2D eigenvalue weighted by molar-refractivity contribution is 6.32. The lowest BCUT2D eigenvalue weighted by Gasteiger charge is -2.40. The molecule has 0 saturated carbocycles. The zero-order valence-electron chi connectivity index (χ0n) is 12.5. The van der Waals surface area contributed by atoms with E-state index in [1.165, 1.54) is 6.08 Å². The Bertz CT molecular complexity index is 727. The standard InChI is InChI=1S/C17H16ClN3/c1-11-8-17(2,3)21(4)16-7-15(18)13(6-14(11)16)5-12(9-19)10-20/h5-8H,1-4H3. The summed E-state index contributed by atoms with van der Waals surface area (Å²) in [4.78, 5) is 2.17. The molecule has 0 spiro atoms. The summed E-state index contributed by atoms with van der Waals surface area (Å²) in [6.07, 6.45) is 3.72. The van der Waals surface area contributed by atoms with Crippen molar-refractivity contribution < 1.29 is 0 Å². The number of anilines is 1. The van der Waals surface area contributed by atoms with Gasteiger partial charge in [0.15, 0.2) is 0 Å². The molecule has 0 N–H and O–H groups in total. The monoisotopic (exact) mass is 297 g/mol. The molecule has 0 bridgehead atoms. The molecular weight excluding hydrogens is 282 g/mol. The van der Waals surface area contributed by atoms with E-state index in [-0.39, 0.29) is 11.1 Å². The predicted molar refractivity (Wildman–Crippen MR) is 86.8 cm³/mol. The number of nitrogens with zero attached hydrogens (tertiary/aromatic N) is 3. The Hall–Kier alpha value is -2.23. The van der Waals surface area contributed by atoms with Crippen LogP contribution in [-0.4, -0.2) is 12.6 Å². The summed E-state index contributed by atoms with van der Waals surface area (Å²) < 4.78 is 0. The molecule has 1 aromatic carbocycles. The fourth-order valence-corrected chi connectivity index (χ4v) is 2.76. The first-order valence-corrected chi connectivity index (χ1v) is 6.97. The quantitative estimate of drug-likeness (QED) is 0.722. The third-order valence-electron chi connectivity index (χ3n) is 3.88. The lowest BCUT2D eigenvalue weighted by molar-refractivity contribution is 0.598. The Balaban J connectivity index is 2.65. The number of rotatable bonds is 1. The number of hydrogen-bond acceptors (Lipinski definition) is 3. The van der Waals surface area contributed by atoms with Gasteiger partial charge in [-0.25, -0.2) is 0 Å². The number of fused-ring (bicyclic) bond motifs is 1. The fourth-order valence-electron chi connectivity index (χ4n) is 2.54. The number of halogens is 1.